The van der Waals surface area contributed by atoms with Crippen LogP contribution < -0.4 is 4.74 Å². The SMILES string of the molecule is CCCOc1cc(C)c(C(C)(O)C(F)(F)F)cc1C. The molecule has 0 heterocycles. The van der Waals surface area contributed by atoms with Crippen LogP contribution in [-0.2, 0) is 5.60 Å². The van der Waals surface area contributed by atoms with Crippen molar-refractivity contribution in [1.29, 1.82) is 0 Å². The summed E-state index contributed by atoms with van der Waals surface area (Å²) in [6, 6.07) is 2.88. The van der Waals surface area contributed by atoms with Gasteiger partial charge in [-0.3, -0.25) is 0 Å². The Morgan fingerprint density at radius 1 is 1.16 bits per heavy atom. The van der Waals surface area contributed by atoms with Crippen LogP contribution in [0.3, 0.4) is 0 Å². The Labute approximate surface area is 111 Å². The molecule has 1 unspecified atom stereocenters. The number of hydrogen-bond acceptors (Lipinski definition) is 2. The number of ether oxygens (including phenoxy) is 1. The minimum absolute atomic E-state index is 0.138. The number of rotatable bonds is 4. The molecule has 0 radical (unpaired) electrons. The average molecular weight is 276 g/mol. The molecule has 0 aliphatic carbocycles. The summed E-state index contributed by atoms with van der Waals surface area (Å²) in [4.78, 5) is 0. The summed E-state index contributed by atoms with van der Waals surface area (Å²) in [5.74, 6) is 0.557. The van der Waals surface area contributed by atoms with Gasteiger partial charge in [0.15, 0.2) is 5.60 Å². The van der Waals surface area contributed by atoms with Gasteiger partial charge in [0.25, 0.3) is 0 Å². The maximum Gasteiger partial charge on any atom is 0.421 e. The van der Waals surface area contributed by atoms with Crippen LogP contribution in [0.15, 0.2) is 12.1 Å². The molecule has 0 fully saturated rings. The van der Waals surface area contributed by atoms with E-state index in [9.17, 15) is 18.3 Å². The Morgan fingerprint density at radius 3 is 2.21 bits per heavy atom. The van der Waals surface area contributed by atoms with Gasteiger partial charge in [0.05, 0.1) is 6.61 Å². The summed E-state index contributed by atoms with van der Waals surface area (Å²) >= 11 is 0. The van der Waals surface area contributed by atoms with Crippen molar-refractivity contribution in [3.05, 3.63) is 28.8 Å². The molecular formula is C14H19F3O2. The maximum atomic E-state index is 12.9. The van der Waals surface area contributed by atoms with E-state index in [-0.39, 0.29) is 5.56 Å². The minimum Gasteiger partial charge on any atom is -0.493 e. The molecule has 0 aromatic heterocycles. The summed E-state index contributed by atoms with van der Waals surface area (Å²) < 4.78 is 44.0. The number of aliphatic hydroxyl groups is 1. The second kappa shape index (κ2) is 5.41. The van der Waals surface area contributed by atoms with E-state index < -0.39 is 11.8 Å². The van der Waals surface area contributed by atoms with Crippen LogP contribution in [0.5, 0.6) is 5.75 Å². The van der Waals surface area contributed by atoms with Crippen LogP contribution in [0.4, 0.5) is 13.2 Å². The number of halogens is 3. The molecule has 19 heavy (non-hydrogen) atoms. The predicted molar refractivity (Wildman–Crippen MR) is 67.3 cm³/mol. The van der Waals surface area contributed by atoms with E-state index in [4.69, 9.17) is 4.74 Å². The lowest BCUT2D eigenvalue weighted by atomic mass is 9.89. The lowest BCUT2D eigenvalue weighted by molar-refractivity contribution is -0.259. The van der Waals surface area contributed by atoms with Gasteiger partial charge >= 0.3 is 6.18 Å². The van der Waals surface area contributed by atoms with Crippen LogP contribution in [0.2, 0.25) is 0 Å². The number of hydrogen-bond donors (Lipinski definition) is 1. The number of alkyl halides is 3. The van der Waals surface area contributed by atoms with Gasteiger partial charge in [0.2, 0.25) is 0 Å². The molecule has 0 aliphatic heterocycles. The summed E-state index contributed by atoms with van der Waals surface area (Å²) in [5.41, 5.74) is -2.05. The molecule has 0 bridgehead atoms. The minimum atomic E-state index is -4.71. The highest BCUT2D eigenvalue weighted by Crippen LogP contribution is 2.41. The first-order valence-corrected chi connectivity index (χ1v) is 6.15. The molecule has 1 aromatic rings. The molecule has 1 aromatic carbocycles. The van der Waals surface area contributed by atoms with E-state index in [1.165, 1.54) is 13.0 Å². The quantitative estimate of drug-likeness (QED) is 0.904. The highest BCUT2D eigenvalue weighted by molar-refractivity contribution is 5.44. The molecule has 0 amide bonds. The van der Waals surface area contributed by atoms with E-state index in [0.717, 1.165) is 13.3 Å². The smallest absolute Gasteiger partial charge is 0.421 e. The average Bonchev–Trinajstić information content (AvgIpc) is 2.28. The summed E-state index contributed by atoms with van der Waals surface area (Å²) in [6.07, 6.45) is -3.89. The van der Waals surface area contributed by atoms with Crippen molar-refractivity contribution in [1.82, 2.24) is 0 Å². The zero-order valence-electron chi connectivity index (χ0n) is 11.6. The van der Waals surface area contributed by atoms with Crippen molar-refractivity contribution in [2.24, 2.45) is 0 Å². The van der Waals surface area contributed by atoms with Gasteiger partial charge in [-0.05, 0) is 56.0 Å². The molecule has 0 spiro atoms. The topological polar surface area (TPSA) is 29.5 Å². The molecule has 0 saturated heterocycles. The van der Waals surface area contributed by atoms with Crippen molar-refractivity contribution in [2.45, 2.75) is 45.9 Å². The molecule has 1 atom stereocenters. The Hall–Kier alpha value is -1.23. The van der Waals surface area contributed by atoms with E-state index in [1.54, 1.807) is 13.0 Å². The highest BCUT2D eigenvalue weighted by Gasteiger charge is 2.51. The third-order valence-electron chi connectivity index (χ3n) is 3.06. The number of aryl methyl sites for hydroxylation is 2. The van der Waals surface area contributed by atoms with E-state index in [0.29, 0.717) is 23.5 Å². The second-order valence-electron chi connectivity index (χ2n) is 4.85. The van der Waals surface area contributed by atoms with Crippen LogP contribution >= 0.6 is 0 Å². The van der Waals surface area contributed by atoms with E-state index in [1.807, 2.05) is 6.92 Å². The third kappa shape index (κ3) is 3.21. The van der Waals surface area contributed by atoms with E-state index >= 15 is 0 Å². The summed E-state index contributed by atoms with van der Waals surface area (Å²) in [6.45, 7) is 6.43. The van der Waals surface area contributed by atoms with Crippen LogP contribution in [-0.4, -0.2) is 17.9 Å². The molecule has 5 heteroatoms. The third-order valence-corrected chi connectivity index (χ3v) is 3.06. The van der Waals surface area contributed by atoms with Crippen LogP contribution in [0.1, 0.15) is 37.0 Å². The molecular weight excluding hydrogens is 257 g/mol. The monoisotopic (exact) mass is 276 g/mol. The van der Waals surface area contributed by atoms with Gasteiger partial charge in [0, 0.05) is 0 Å². The van der Waals surface area contributed by atoms with Crippen molar-refractivity contribution < 1.29 is 23.0 Å². The zero-order chi connectivity index (χ0) is 14.8. The molecule has 1 N–H and O–H groups in total. The lowest BCUT2D eigenvalue weighted by Gasteiger charge is -2.29. The Bertz CT molecular complexity index is 451. The van der Waals surface area contributed by atoms with Gasteiger partial charge in [-0.15, -0.1) is 0 Å². The van der Waals surface area contributed by atoms with Crippen molar-refractivity contribution in [2.75, 3.05) is 6.61 Å². The zero-order valence-corrected chi connectivity index (χ0v) is 11.6. The number of benzene rings is 1. The summed E-state index contributed by atoms with van der Waals surface area (Å²) in [7, 11) is 0. The predicted octanol–water partition coefficient (Wildman–Crippen LogP) is 3.86. The van der Waals surface area contributed by atoms with Crippen LogP contribution in [0.25, 0.3) is 0 Å². The fraction of sp³-hybridized carbons (Fsp3) is 0.571. The van der Waals surface area contributed by atoms with Crippen molar-refractivity contribution in [3.63, 3.8) is 0 Å². The summed E-state index contributed by atoms with van der Waals surface area (Å²) in [5, 5.41) is 9.73. The Balaban J connectivity index is 3.22. The van der Waals surface area contributed by atoms with Crippen molar-refractivity contribution in [3.8, 4) is 5.75 Å². The van der Waals surface area contributed by atoms with Crippen molar-refractivity contribution >= 4 is 0 Å². The Kier molecular flexibility index (Phi) is 4.50. The molecule has 1 rings (SSSR count). The maximum absolute atomic E-state index is 12.9. The molecule has 0 aliphatic rings. The highest BCUT2D eigenvalue weighted by atomic mass is 19.4. The lowest BCUT2D eigenvalue weighted by Crippen LogP contribution is -2.39. The van der Waals surface area contributed by atoms with Gasteiger partial charge in [-0.2, -0.15) is 13.2 Å². The molecule has 2 nitrogen and oxygen atoms in total. The van der Waals surface area contributed by atoms with Gasteiger partial charge in [0.1, 0.15) is 5.75 Å². The molecule has 108 valence electrons. The first-order valence-electron chi connectivity index (χ1n) is 6.15. The van der Waals surface area contributed by atoms with Gasteiger partial charge in [-0.25, -0.2) is 0 Å². The first kappa shape index (κ1) is 15.8. The second-order valence-corrected chi connectivity index (χ2v) is 4.85. The standard InChI is InChI=1S/C14H19F3O2/c1-5-6-19-12-8-9(2)11(7-10(12)3)13(4,18)14(15,16)17/h7-8,18H,5-6H2,1-4H3. The normalized spacial score (nSPS) is 15.2. The van der Waals surface area contributed by atoms with Crippen LogP contribution in [0, 0.1) is 13.8 Å². The van der Waals surface area contributed by atoms with Gasteiger partial charge < -0.3 is 9.84 Å². The first-order chi connectivity index (χ1) is 8.61. The largest absolute Gasteiger partial charge is 0.493 e. The van der Waals surface area contributed by atoms with E-state index in [2.05, 4.69) is 0 Å². The fourth-order valence-electron chi connectivity index (χ4n) is 1.83. The molecule has 0 saturated carbocycles. The Morgan fingerprint density at radius 2 is 1.74 bits per heavy atom. The van der Waals surface area contributed by atoms with Gasteiger partial charge in [-0.1, -0.05) is 6.92 Å². The fourth-order valence-corrected chi connectivity index (χ4v) is 1.83.